The molecule has 0 aromatic heterocycles. The van der Waals surface area contributed by atoms with Crippen molar-refractivity contribution >= 4 is 0 Å². The largest absolute Gasteiger partial charge is 0.377 e. The highest BCUT2D eigenvalue weighted by Gasteiger charge is 2.34. The Labute approximate surface area is 86.8 Å². The molecular weight excluding hydrogens is 176 g/mol. The van der Waals surface area contributed by atoms with Crippen LogP contribution in [-0.4, -0.2) is 49.8 Å². The second-order valence-electron chi connectivity index (χ2n) is 4.93. The lowest BCUT2D eigenvalue weighted by Crippen LogP contribution is -2.39. The van der Waals surface area contributed by atoms with E-state index in [0.717, 1.165) is 12.6 Å². The van der Waals surface area contributed by atoms with Crippen LogP contribution in [-0.2, 0) is 4.74 Å². The smallest absolute Gasteiger partial charge is 0.0789 e. The fourth-order valence-corrected chi connectivity index (χ4v) is 2.57. The van der Waals surface area contributed by atoms with Crippen LogP contribution >= 0.6 is 0 Å². The first kappa shape index (κ1) is 10.4. The van der Waals surface area contributed by atoms with Gasteiger partial charge in [0, 0.05) is 32.8 Å². The van der Waals surface area contributed by atoms with Crippen LogP contribution in [0.25, 0.3) is 0 Å². The Hall–Kier alpha value is -0.120. The monoisotopic (exact) mass is 198 g/mol. The third-order valence-corrected chi connectivity index (χ3v) is 3.65. The molecule has 2 aliphatic heterocycles. The van der Waals surface area contributed by atoms with Crippen LogP contribution in [0.5, 0.6) is 0 Å². The quantitative estimate of drug-likeness (QED) is 0.727. The highest BCUT2D eigenvalue weighted by Crippen LogP contribution is 2.24. The Morgan fingerprint density at radius 1 is 1.57 bits per heavy atom. The predicted molar refractivity (Wildman–Crippen MR) is 57.5 cm³/mol. The summed E-state index contributed by atoms with van der Waals surface area (Å²) in [5.41, 5.74) is 0.110. The summed E-state index contributed by atoms with van der Waals surface area (Å²) >= 11 is 0. The van der Waals surface area contributed by atoms with E-state index in [9.17, 15) is 0 Å². The number of methoxy groups -OCH3 is 1. The van der Waals surface area contributed by atoms with Crippen molar-refractivity contribution in [1.29, 1.82) is 0 Å². The van der Waals surface area contributed by atoms with Gasteiger partial charge in [-0.2, -0.15) is 0 Å². The Bertz CT molecular complexity index is 192. The second kappa shape index (κ2) is 4.17. The summed E-state index contributed by atoms with van der Waals surface area (Å²) in [6.45, 7) is 6.93. The molecule has 0 bridgehead atoms. The molecule has 0 aromatic carbocycles. The standard InChI is InChI=1S/C11H22N2O/c1-11(14-2)5-7-13(9-11)8-10-4-3-6-12-10/h10,12H,3-9H2,1-2H3/t10-,11?/m0/s1. The molecule has 2 heterocycles. The molecule has 0 spiro atoms. The molecule has 3 nitrogen and oxygen atoms in total. The summed E-state index contributed by atoms with van der Waals surface area (Å²) in [4.78, 5) is 2.53. The predicted octanol–water partition coefficient (Wildman–Crippen LogP) is 0.849. The van der Waals surface area contributed by atoms with Gasteiger partial charge in [-0.15, -0.1) is 0 Å². The first-order valence-corrected chi connectivity index (χ1v) is 5.73. The van der Waals surface area contributed by atoms with E-state index in [4.69, 9.17) is 4.74 Å². The average Bonchev–Trinajstić information content (AvgIpc) is 2.78. The third-order valence-electron chi connectivity index (χ3n) is 3.65. The van der Waals surface area contributed by atoms with Gasteiger partial charge < -0.3 is 10.1 Å². The van der Waals surface area contributed by atoms with Crippen molar-refractivity contribution < 1.29 is 4.74 Å². The molecule has 2 saturated heterocycles. The van der Waals surface area contributed by atoms with Crippen LogP contribution in [0, 0.1) is 0 Å². The summed E-state index contributed by atoms with van der Waals surface area (Å²) < 4.78 is 5.53. The third kappa shape index (κ3) is 2.27. The lowest BCUT2D eigenvalue weighted by Gasteiger charge is -2.24. The normalized spacial score (nSPS) is 39.4. The van der Waals surface area contributed by atoms with Gasteiger partial charge in [0.25, 0.3) is 0 Å². The fourth-order valence-electron chi connectivity index (χ4n) is 2.57. The molecule has 2 atom stereocenters. The van der Waals surface area contributed by atoms with Crippen molar-refractivity contribution in [2.75, 3.05) is 33.3 Å². The van der Waals surface area contributed by atoms with Gasteiger partial charge in [-0.1, -0.05) is 0 Å². The zero-order valence-electron chi connectivity index (χ0n) is 9.38. The highest BCUT2D eigenvalue weighted by atomic mass is 16.5. The first-order chi connectivity index (χ1) is 6.72. The van der Waals surface area contributed by atoms with E-state index in [0.29, 0.717) is 0 Å². The summed E-state index contributed by atoms with van der Waals surface area (Å²) in [7, 11) is 1.83. The molecule has 1 N–H and O–H groups in total. The summed E-state index contributed by atoms with van der Waals surface area (Å²) in [5, 5.41) is 3.55. The molecule has 0 aliphatic carbocycles. The van der Waals surface area contributed by atoms with Crippen molar-refractivity contribution in [2.24, 2.45) is 0 Å². The van der Waals surface area contributed by atoms with Crippen LogP contribution in [0.2, 0.25) is 0 Å². The van der Waals surface area contributed by atoms with Crippen molar-refractivity contribution in [3.63, 3.8) is 0 Å². The molecule has 82 valence electrons. The molecule has 1 unspecified atom stereocenters. The fraction of sp³-hybridized carbons (Fsp3) is 1.00. The van der Waals surface area contributed by atoms with Gasteiger partial charge in [-0.05, 0) is 32.7 Å². The molecule has 0 aromatic rings. The maximum Gasteiger partial charge on any atom is 0.0789 e. The Morgan fingerprint density at radius 2 is 2.43 bits per heavy atom. The van der Waals surface area contributed by atoms with Gasteiger partial charge in [0.05, 0.1) is 5.60 Å². The topological polar surface area (TPSA) is 24.5 Å². The van der Waals surface area contributed by atoms with Crippen LogP contribution < -0.4 is 5.32 Å². The lowest BCUT2D eigenvalue weighted by atomic mass is 10.1. The zero-order chi connectivity index (χ0) is 10.0. The maximum atomic E-state index is 5.53. The molecule has 0 amide bonds. The van der Waals surface area contributed by atoms with E-state index in [1.807, 2.05) is 7.11 Å². The van der Waals surface area contributed by atoms with E-state index in [2.05, 4.69) is 17.1 Å². The van der Waals surface area contributed by atoms with Gasteiger partial charge in [-0.3, -0.25) is 4.90 Å². The van der Waals surface area contributed by atoms with Crippen molar-refractivity contribution in [1.82, 2.24) is 10.2 Å². The van der Waals surface area contributed by atoms with Gasteiger partial charge in [0.2, 0.25) is 0 Å². The minimum absolute atomic E-state index is 0.110. The van der Waals surface area contributed by atoms with Gasteiger partial charge in [0.15, 0.2) is 0 Å². The number of rotatable bonds is 3. The molecule has 2 aliphatic rings. The van der Waals surface area contributed by atoms with Gasteiger partial charge >= 0.3 is 0 Å². The summed E-state index contributed by atoms with van der Waals surface area (Å²) in [6.07, 6.45) is 3.87. The van der Waals surface area contributed by atoms with E-state index in [1.54, 1.807) is 0 Å². The lowest BCUT2D eigenvalue weighted by molar-refractivity contribution is 0.0144. The van der Waals surface area contributed by atoms with E-state index in [-0.39, 0.29) is 5.60 Å². The molecule has 2 fully saturated rings. The molecule has 0 saturated carbocycles. The molecule has 14 heavy (non-hydrogen) atoms. The number of hydrogen-bond acceptors (Lipinski definition) is 3. The van der Waals surface area contributed by atoms with Crippen molar-refractivity contribution in [3.05, 3.63) is 0 Å². The van der Waals surface area contributed by atoms with Gasteiger partial charge in [0.1, 0.15) is 0 Å². The Kier molecular flexibility index (Phi) is 3.10. The van der Waals surface area contributed by atoms with Crippen LogP contribution in [0.4, 0.5) is 0 Å². The van der Waals surface area contributed by atoms with Crippen LogP contribution in [0.3, 0.4) is 0 Å². The minimum Gasteiger partial charge on any atom is -0.377 e. The van der Waals surface area contributed by atoms with Crippen molar-refractivity contribution in [3.8, 4) is 0 Å². The first-order valence-electron chi connectivity index (χ1n) is 5.73. The Balaban J connectivity index is 1.78. The number of hydrogen-bond donors (Lipinski definition) is 1. The Morgan fingerprint density at radius 3 is 3.00 bits per heavy atom. The maximum absolute atomic E-state index is 5.53. The summed E-state index contributed by atoms with van der Waals surface area (Å²) in [6, 6.07) is 0.731. The van der Waals surface area contributed by atoms with Crippen molar-refractivity contribution in [2.45, 2.75) is 37.8 Å². The minimum atomic E-state index is 0.110. The van der Waals surface area contributed by atoms with E-state index >= 15 is 0 Å². The average molecular weight is 198 g/mol. The molecule has 3 heteroatoms. The highest BCUT2D eigenvalue weighted by molar-refractivity contribution is 4.90. The molecular formula is C11H22N2O. The number of nitrogens with zero attached hydrogens (tertiary/aromatic N) is 1. The zero-order valence-corrected chi connectivity index (χ0v) is 9.38. The number of ether oxygens (including phenoxy) is 1. The van der Waals surface area contributed by atoms with E-state index in [1.165, 1.54) is 38.9 Å². The SMILES string of the molecule is COC1(C)CCN(C[C@@H]2CCCN2)C1. The van der Waals surface area contributed by atoms with Crippen LogP contribution in [0.15, 0.2) is 0 Å². The van der Waals surface area contributed by atoms with E-state index < -0.39 is 0 Å². The molecule has 0 radical (unpaired) electrons. The second-order valence-corrected chi connectivity index (χ2v) is 4.93. The molecule has 2 rings (SSSR count). The number of nitrogens with one attached hydrogen (secondary N) is 1. The number of likely N-dealkylation sites (tertiary alicyclic amines) is 1. The van der Waals surface area contributed by atoms with Crippen LogP contribution in [0.1, 0.15) is 26.2 Å². The summed E-state index contributed by atoms with van der Waals surface area (Å²) in [5.74, 6) is 0. The van der Waals surface area contributed by atoms with Gasteiger partial charge in [-0.25, -0.2) is 0 Å².